The summed E-state index contributed by atoms with van der Waals surface area (Å²) in [6.45, 7) is 3.91. The predicted octanol–water partition coefficient (Wildman–Crippen LogP) is 1.15. The molecule has 0 atom stereocenters. The van der Waals surface area contributed by atoms with Crippen molar-refractivity contribution in [2.45, 2.75) is 0 Å². The first-order valence-corrected chi connectivity index (χ1v) is 6.39. The van der Waals surface area contributed by atoms with E-state index in [2.05, 4.69) is 21.4 Å². The molecule has 5 nitrogen and oxygen atoms in total. The maximum absolute atomic E-state index is 9.13. The zero-order valence-corrected chi connectivity index (χ0v) is 10.6. The van der Waals surface area contributed by atoms with Gasteiger partial charge in [0, 0.05) is 38.4 Å². The van der Waals surface area contributed by atoms with Crippen molar-refractivity contribution in [1.82, 2.24) is 15.1 Å². The molecular weight excluding hydrogens is 238 g/mol. The van der Waals surface area contributed by atoms with E-state index in [1.165, 1.54) is 0 Å². The van der Waals surface area contributed by atoms with E-state index in [1.807, 2.05) is 36.5 Å². The Kier molecular flexibility index (Phi) is 3.17. The summed E-state index contributed by atoms with van der Waals surface area (Å²) in [7, 11) is 0. The van der Waals surface area contributed by atoms with E-state index >= 15 is 0 Å². The first-order valence-electron chi connectivity index (χ1n) is 6.39. The third-order valence-electron chi connectivity index (χ3n) is 3.29. The Morgan fingerprint density at radius 2 is 1.95 bits per heavy atom. The standard InChI is InChI=1S/C14H15N5/c15-11-12-3-1-2-4-13(12)19-8-5-14(17-19)18-9-6-16-7-10-18/h1-5,8,16H,6-7,9-10H2. The number of rotatable bonds is 2. The van der Waals surface area contributed by atoms with Crippen LogP contribution in [0.15, 0.2) is 36.5 Å². The number of aromatic nitrogens is 2. The molecule has 0 aliphatic carbocycles. The first-order chi connectivity index (χ1) is 9.38. The highest BCUT2D eigenvalue weighted by molar-refractivity contribution is 5.49. The maximum atomic E-state index is 9.13. The van der Waals surface area contributed by atoms with Gasteiger partial charge in [-0.25, -0.2) is 4.68 Å². The number of piperazine rings is 1. The topological polar surface area (TPSA) is 56.9 Å². The van der Waals surface area contributed by atoms with Gasteiger partial charge in [0.05, 0.1) is 11.3 Å². The van der Waals surface area contributed by atoms with Gasteiger partial charge in [-0.3, -0.25) is 0 Å². The van der Waals surface area contributed by atoms with Crippen LogP contribution in [0, 0.1) is 11.3 Å². The van der Waals surface area contributed by atoms with Gasteiger partial charge in [0.15, 0.2) is 5.82 Å². The van der Waals surface area contributed by atoms with Gasteiger partial charge in [-0.2, -0.15) is 10.4 Å². The minimum Gasteiger partial charge on any atom is -0.353 e. The van der Waals surface area contributed by atoms with Crippen LogP contribution in [0.3, 0.4) is 0 Å². The fourth-order valence-corrected chi connectivity index (χ4v) is 2.28. The van der Waals surface area contributed by atoms with E-state index in [9.17, 15) is 0 Å². The predicted molar refractivity (Wildman–Crippen MR) is 73.4 cm³/mol. The molecule has 0 radical (unpaired) electrons. The molecule has 1 aromatic carbocycles. The van der Waals surface area contributed by atoms with Gasteiger partial charge in [-0.15, -0.1) is 0 Å². The van der Waals surface area contributed by atoms with Gasteiger partial charge >= 0.3 is 0 Å². The molecule has 1 saturated heterocycles. The lowest BCUT2D eigenvalue weighted by Crippen LogP contribution is -2.43. The zero-order chi connectivity index (χ0) is 13.1. The summed E-state index contributed by atoms with van der Waals surface area (Å²) in [5, 5.41) is 17.0. The number of anilines is 1. The Bertz CT molecular complexity index is 604. The van der Waals surface area contributed by atoms with Crippen LogP contribution in [0.1, 0.15) is 5.56 Å². The van der Waals surface area contributed by atoms with Crippen molar-refractivity contribution in [3.63, 3.8) is 0 Å². The summed E-state index contributed by atoms with van der Waals surface area (Å²) in [5.74, 6) is 0.967. The lowest BCUT2D eigenvalue weighted by atomic mass is 10.2. The Morgan fingerprint density at radius 1 is 1.16 bits per heavy atom. The van der Waals surface area contributed by atoms with Gasteiger partial charge in [-0.05, 0) is 12.1 Å². The van der Waals surface area contributed by atoms with Crippen molar-refractivity contribution in [2.24, 2.45) is 0 Å². The normalized spacial score (nSPS) is 15.2. The quantitative estimate of drug-likeness (QED) is 0.872. The van der Waals surface area contributed by atoms with Crippen molar-refractivity contribution in [3.8, 4) is 11.8 Å². The minimum absolute atomic E-state index is 0.637. The fraction of sp³-hybridized carbons (Fsp3) is 0.286. The number of para-hydroxylation sites is 1. The van der Waals surface area contributed by atoms with Crippen molar-refractivity contribution in [2.75, 3.05) is 31.1 Å². The highest BCUT2D eigenvalue weighted by Crippen LogP contribution is 2.17. The second-order valence-electron chi connectivity index (χ2n) is 4.48. The van der Waals surface area contributed by atoms with Crippen LogP contribution in [0.5, 0.6) is 0 Å². The average molecular weight is 253 g/mol. The Balaban J connectivity index is 1.90. The molecule has 0 amide bonds. The molecule has 96 valence electrons. The molecule has 1 aliphatic rings. The smallest absolute Gasteiger partial charge is 0.151 e. The highest BCUT2D eigenvalue weighted by Gasteiger charge is 2.13. The Labute approximate surface area is 112 Å². The van der Waals surface area contributed by atoms with E-state index in [1.54, 1.807) is 4.68 Å². The molecule has 1 N–H and O–H groups in total. The van der Waals surface area contributed by atoms with Crippen LogP contribution in [0.4, 0.5) is 5.82 Å². The summed E-state index contributed by atoms with van der Waals surface area (Å²) in [5.41, 5.74) is 1.46. The highest BCUT2D eigenvalue weighted by atomic mass is 15.4. The van der Waals surface area contributed by atoms with E-state index in [0.29, 0.717) is 5.56 Å². The zero-order valence-electron chi connectivity index (χ0n) is 10.6. The average Bonchev–Trinajstić information content (AvgIpc) is 2.98. The molecule has 19 heavy (non-hydrogen) atoms. The summed E-state index contributed by atoms with van der Waals surface area (Å²) < 4.78 is 1.77. The monoisotopic (exact) mass is 253 g/mol. The molecule has 2 aromatic rings. The number of benzene rings is 1. The van der Waals surface area contributed by atoms with Gasteiger partial charge < -0.3 is 10.2 Å². The molecule has 3 rings (SSSR count). The van der Waals surface area contributed by atoms with E-state index < -0.39 is 0 Å². The molecule has 5 heteroatoms. The number of nitrogens with one attached hydrogen (secondary N) is 1. The maximum Gasteiger partial charge on any atom is 0.151 e. The molecule has 2 heterocycles. The van der Waals surface area contributed by atoms with Crippen molar-refractivity contribution in [3.05, 3.63) is 42.1 Å². The van der Waals surface area contributed by atoms with Gasteiger partial charge in [-0.1, -0.05) is 12.1 Å². The second kappa shape index (κ2) is 5.12. The summed E-state index contributed by atoms with van der Waals surface area (Å²) in [4.78, 5) is 2.25. The summed E-state index contributed by atoms with van der Waals surface area (Å²) in [6, 6.07) is 11.7. The molecule has 0 bridgehead atoms. The van der Waals surface area contributed by atoms with Crippen molar-refractivity contribution < 1.29 is 0 Å². The molecule has 1 fully saturated rings. The number of hydrogen-bond acceptors (Lipinski definition) is 4. The second-order valence-corrected chi connectivity index (χ2v) is 4.48. The van der Waals surface area contributed by atoms with Gasteiger partial charge in [0.1, 0.15) is 6.07 Å². The largest absolute Gasteiger partial charge is 0.353 e. The Morgan fingerprint density at radius 3 is 2.74 bits per heavy atom. The van der Waals surface area contributed by atoms with Gasteiger partial charge in [0.25, 0.3) is 0 Å². The minimum atomic E-state index is 0.637. The Hall–Kier alpha value is -2.32. The van der Waals surface area contributed by atoms with Crippen LogP contribution < -0.4 is 10.2 Å². The van der Waals surface area contributed by atoms with Crippen molar-refractivity contribution in [1.29, 1.82) is 5.26 Å². The number of nitriles is 1. The molecule has 1 aromatic heterocycles. The third-order valence-corrected chi connectivity index (χ3v) is 3.29. The van der Waals surface area contributed by atoms with Gasteiger partial charge in [0.2, 0.25) is 0 Å². The van der Waals surface area contributed by atoms with Crippen molar-refractivity contribution >= 4 is 5.82 Å². The SMILES string of the molecule is N#Cc1ccccc1-n1ccc(N2CCNCC2)n1. The van der Waals surface area contributed by atoms with E-state index in [-0.39, 0.29) is 0 Å². The van der Waals surface area contributed by atoms with E-state index in [4.69, 9.17) is 5.26 Å². The molecular formula is C14H15N5. The van der Waals surface area contributed by atoms with E-state index in [0.717, 1.165) is 37.7 Å². The molecule has 1 aliphatic heterocycles. The number of nitrogens with zero attached hydrogens (tertiary/aromatic N) is 4. The summed E-state index contributed by atoms with van der Waals surface area (Å²) in [6.07, 6.45) is 1.91. The van der Waals surface area contributed by atoms with Crippen LogP contribution in [-0.4, -0.2) is 36.0 Å². The molecule has 0 unspecified atom stereocenters. The first kappa shape index (κ1) is 11.8. The van der Waals surface area contributed by atoms with Crippen LogP contribution in [0.25, 0.3) is 5.69 Å². The fourth-order valence-electron chi connectivity index (χ4n) is 2.28. The lowest BCUT2D eigenvalue weighted by Gasteiger charge is -2.27. The third kappa shape index (κ3) is 2.30. The van der Waals surface area contributed by atoms with Crippen LogP contribution in [-0.2, 0) is 0 Å². The van der Waals surface area contributed by atoms with Crippen LogP contribution in [0.2, 0.25) is 0 Å². The van der Waals surface area contributed by atoms with Crippen LogP contribution >= 0.6 is 0 Å². The summed E-state index contributed by atoms with van der Waals surface area (Å²) >= 11 is 0. The molecule has 0 saturated carbocycles. The lowest BCUT2D eigenvalue weighted by molar-refractivity contribution is 0.583. The number of hydrogen-bond donors (Lipinski definition) is 1. The molecule has 0 spiro atoms.